The molecule has 0 unspecified atom stereocenters. The molecule has 1 amide bonds. The number of nitrogens with zero attached hydrogens (tertiary/aromatic N) is 2. The van der Waals surface area contributed by atoms with Gasteiger partial charge in [0.1, 0.15) is 17.3 Å². The fourth-order valence-electron chi connectivity index (χ4n) is 2.86. The second-order valence-electron chi connectivity index (χ2n) is 6.32. The van der Waals surface area contributed by atoms with Crippen LogP contribution in [0.15, 0.2) is 33.7 Å². The van der Waals surface area contributed by atoms with Gasteiger partial charge in [-0.3, -0.25) is 4.79 Å². The molecule has 0 atom stereocenters. The molecule has 0 spiro atoms. The summed E-state index contributed by atoms with van der Waals surface area (Å²) in [6.07, 6.45) is 3.11. The van der Waals surface area contributed by atoms with Crippen LogP contribution < -0.4 is 10.1 Å². The number of nitrogens with one attached hydrogen (secondary N) is 1. The number of anilines is 1. The van der Waals surface area contributed by atoms with E-state index in [4.69, 9.17) is 13.9 Å². The summed E-state index contributed by atoms with van der Waals surface area (Å²) in [4.78, 5) is 16.5. The summed E-state index contributed by atoms with van der Waals surface area (Å²) in [5.74, 6) is -0.0310. The number of carbonyl (C=O) groups excluding carboxylic acids is 1. The predicted octanol–water partition coefficient (Wildman–Crippen LogP) is 2.05. The maximum atomic E-state index is 12.7. The minimum Gasteiger partial charge on any atom is -0.475 e. The van der Waals surface area contributed by atoms with Crippen LogP contribution in [0.4, 0.5) is 5.69 Å². The molecule has 0 radical (unpaired) electrons. The summed E-state index contributed by atoms with van der Waals surface area (Å²) < 4.78 is 42.5. The average Bonchev–Trinajstić information content (AvgIpc) is 3.34. The fourth-order valence-corrected chi connectivity index (χ4v) is 4.54. The maximum absolute atomic E-state index is 12.7. The quantitative estimate of drug-likeness (QED) is 0.664. The highest BCUT2D eigenvalue weighted by atomic mass is 32.2. The lowest BCUT2D eigenvalue weighted by Crippen LogP contribution is -2.28. The molecule has 1 aliphatic rings. The highest BCUT2D eigenvalue weighted by molar-refractivity contribution is 7.89. The van der Waals surface area contributed by atoms with Crippen LogP contribution in [0.2, 0.25) is 0 Å². The number of aryl methyl sites for hydroxylation is 1. The van der Waals surface area contributed by atoms with Crippen molar-refractivity contribution in [2.75, 3.05) is 38.7 Å². The number of carbonyl (C=O) groups is 1. The van der Waals surface area contributed by atoms with Crippen LogP contribution in [0.3, 0.4) is 0 Å². The van der Waals surface area contributed by atoms with Gasteiger partial charge in [0.05, 0.1) is 18.5 Å². The smallest absolute Gasteiger partial charge is 0.291 e. The second kappa shape index (κ2) is 8.72. The highest BCUT2D eigenvalue weighted by Gasteiger charge is 2.31. The largest absolute Gasteiger partial charge is 0.475 e. The van der Waals surface area contributed by atoms with Crippen molar-refractivity contribution in [3.63, 3.8) is 0 Å². The third kappa shape index (κ3) is 4.51. The maximum Gasteiger partial charge on any atom is 0.291 e. The lowest BCUT2D eigenvalue weighted by molar-refractivity contribution is 0.0995. The Bertz CT molecular complexity index is 917. The standard InChI is InChI=1S/C18H23N3O6S/c1-13-16(28(23,24)21-7-3-4-8-21)11-15(27-13)18(22)20-14-5-6-17(19-12-14)26-10-9-25-2/h5-6,11-12H,3-4,7-10H2,1-2H3,(H,20,22). The Morgan fingerprint density at radius 3 is 2.68 bits per heavy atom. The Morgan fingerprint density at radius 2 is 2.04 bits per heavy atom. The van der Waals surface area contributed by atoms with Gasteiger partial charge < -0.3 is 19.2 Å². The summed E-state index contributed by atoms with van der Waals surface area (Å²) in [5, 5.41) is 2.63. The Balaban J connectivity index is 1.68. The van der Waals surface area contributed by atoms with Gasteiger partial charge in [0.2, 0.25) is 15.9 Å². The van der Waals surface area contributed by atoms with Gasteiger partial charge in [-0.15, -0.1) is 0 Å². The number of hydrogen-bond acceptors (Lipinski definition) is 7. The molecule has 9 nitrogen and oxygen atoms in total. The zero-order valence-corrected chi connectivity index (χ0v) is 16.6. The molecule has 0 aliphatic carbocycles. The van der Waals surface area contributed by atoms with E-state index in [1.54, 1.807) is 19.2 Å². The molecular formula is C18H23N3O6S. The van der Waals surface area contributed by atoms with Crippen LogP contribution in [0.5, 0.6) is 5.88 Å². The minimum atomic E-state index is -3.65. The van der Waals surface area contributed by atoms with Gasteiger partial charge in [0.15, 0.2) is 5.76 Å². The van der Waals surface area contributed by atoms with Gasteiger partial charge in [0.25, 0.3) is 5.91 Å². The molecule has 152 valence electrons. The molecule has 3 rings (SSSR count). The first-order valence-corrected chi connectivity index (χ1v) is 10.4. The van der Waals surface area contributed by atoms with Crippen molar-refractivity contribution in [3.8, 4) is 5.88 Å². The molecule has 28 heavy (non-hydrogen) atoms. The van der Waals surface area contributed by atoms with Gasteiger partial charge in [0, 0.05) is 32.3 Å². The van der Waals surface area contributed by atoms with Gasteiger partial charge in [-0.2, -0.15) is 4.31 Å². The van der Waals surface area contributed by atoms with Crippen molar-refractivity contribution in [1.29, 1.82) is 0 Å². The van der Waals surface area contributed by atoms with E-state index in [1.165, 1.54) is 23.5 Å². The lowest BCUT2D eigenvalue weighted by Gasteiger charge is -2.14. The first kappa shape index (κ1) is 20.3. The van der Waals surface area contributed by atoms with E-state index in [-0.39, 0.29) is 16.4 Å². The van der Waals surface area contributed by atoms with Crippen molar-refractivity contribution in [2.45, 2.75) is 24.7 Å². The number of hydrogen-bond donors (Lipinski definition) is 1. The summed E-state index contributed by atoms with van der Waals surface area (Å²) in [6.45, 7) is 3.32. The summed E-state index contributed by atoms with van der Waals surface area (Å²) >= 11 is 0. The summed E-state index contributed by atoms with van der Waals surface area (Å²) in [5.41, 5.74) is 0.432. The molecule has 1 saturated heterocycles. The van der Waals surface area contributed by atoms with Crippen LogP contribution in [0.1, 0.15) is 29.2 Å². The highest BCUT2D eigenvalue weighted by Crippen LogP contribution is 2.26. The van der Waals surface area contributed by atoms with E-state index >= 15 is 0 Å². The van der Waals surface area contributed by atoms with Crippen LogP contribution in [0.25, 0.3) is 0 Å². The molecular weight excluding hydrogens is 386 g/mol. The first-order valence-electron chi connectivity index (χ1n) is 8.91. The van der Waals surface area contributed by atoms with Crippen molar-refractivity contribution in [1.82, 2.24) is 9.29 Å². The van der Waals surface area contributed by atoms with E-state index in [9.17, 15) is 13.2 Å². The molecule has 1 fully saturated rings. The van der Waals surface area contributed by atoms with Crippen molar-refractivity contribution in [2.24, 2.45) is 0 Å². The number of pyridine rings is 1. The summed E-state index contributed by atoms with van der Waals surface area (Å²) in [7, 11) is -2.07. The zero-order valence-electron chi connectivity index (χ0n) is 15.8. The van der Waals surface area contributed by atoms with Crippen molar-refractivity contribution in [3.05, 3.63) is 35.9 Å². The number of sulfonamides is 1. The minimum absolute atomic E-state index is 0.0274. The van der Waals surface area contributed by atoms with E-state index in [0.29, 0.717) is 37.9 Å². The van der Waals surface area contributed by atoms with E-state index in [1.807, 2.05) is 0 Å². The molecule has 0 aromatic carbocycles. The molecule has 2 aromatic heterocycles. The predicted molar refractivity (Wildman–Crippen MR) is 101 cm³/mol. The van der Waals surface area contributed by atoms with Gasteiger partial charge in [-0.1, -0.05) is 0 Å². The SMILES string of the molecule is COCCOc1ccc(NC(=O)c2cc(S(=O)(=O)N3CCCC3)c(C)o2)cn1. The molecule has 2 aromatic rings. The molecule has 0 saturated carbocycles. The molecule has 3 heterocycles. The van der Waals surface area contributed by atoms with Gasteiger partial charge in [-0.25, -0.2) is 13.4 Å². The monoisotopic (exact) mass is 409 g/mol. The third-order valence-electron chi connectivity index (χ3n) is 4.31. The Labute approximate surface area is 163 Å². The summed E-state index contributed by atoms with van der Waals surface area (Å²) in [6, 6.07) is 4.51. The number of ether oxygens (including phenoxy) is 2. The normalized spacial score (nSPS) is 14.9. The molecule has 1 N–H and O–H groups in total. The number of methoxy groups -OCH3 is 1. The van der Waals surface area contributed by atoms with Crippen molar-refractivity contribution >= 4 is 21.6 Å². The van der Waals surface area contributed by atoms with Crippen LogP contribution in [0, 0.1) is 6.92 Å². The number of aromatic nitrogens is 1. The van der Waals surface area contributed by atoms with E-state index in [0.717, 1.165) is 12.8 Å². The second-order valence-corrected chi connectivity index (χ2v) is 8.23. The Morgan fingerprint density at radius 1 is 1.29 bits per heavy atom. The van der Waals surface area contributed by atoms with Crippen molar-refractivity contribution < 1.29 is 27.1 Å². The topological polar surface area (TPSA) is 111 Å². The third-order valence-corrected chi connectivity index (χ3v) is 6.32. The number of amides is 1. The van der Waals surface area contributed by atoms with E-state index < -0.39 is 15.9 Å². The van der Waals surface area contributed by atoms with Crippen LogP contribution in [-0.2, 0) is 14.8 Å². The fraction of sp³-hybridized carbons (Fsp3) is 0.444. The number of furan rings is 1. The van der Waals surface area contributed by atoms with Crippen LogP contribution in [-0.4, -0.2) is 57.0 Å². The Hall–Kier alpha value is -2.43. The Kier molecular flexibility index (Phi) is 6.32. The van der Waals surface area contributed by atoms with Gasteiger partial charge >= 0.3 is 0 Å². The van der Waals surface area contributed by atoms with Crippen LogP contribution >= 0.6 is 0 Å². The number of rotatable bonds is 8. The molecule has 0 bridgehead atoms. The average molecular weight is 409 g/mol. The van der Waals surface area contributed by atoms with Gasteiger partial charge in [-0.05, 0) is 25.8 Å². The first-order chi connectivity index (χ1) is 13.4. The lowest BCUT2D eigenvalue weighted by atomic mass is 10.3. The molecule has 10 heteroatoms. The van der Waals surface area contributed by atoms with E-state index in [2.05, 4.69) is 10.3 Å². The molecule has 1 aliphatic heterocycles. The zero-order chi connectivity index (χ0) is 20.1.